The van der Waals surface area contributed by atoms with Crippen LogP contribution in [0.5, 0.6) is 0 Å². The summed E-state index contributed by atoms with van der Waals surface area (Å²) >= 11 is 3.48. The van der Waals surface area contributed by atoms with Gasteiger partial charge in [-0.05, 0) is 21.7 Å². The molecule has 4 aliphatic carbocycles. The molecular formula is C52H96Cl2Si6Zr2-2. The van der Waals surface area contributed by atoms with Crippen LogP contribution >= 0.6 is 0 Å². The van der Waals surface area contributed by atoms with Gasteiger partial charge in [0, 0.05) is 32.3 Å². The van der Waals surface area contributed by atoms with Gasteiger partial charge >= 0.3 is 83.7 Å². The average molecular weight is 1140 g/mol. The Morgan fingerprint density at radius 1 is 0.355 bits per heavy atom. The van der Waals surface area contributed by atoms with Crippen LogP contribution in [-0.4, -0.2) is 43.2 Å². The molecule has 62 heavy (non-hydrogen) atoms. The summed E-state index contributed by atoms with van der Waals surface area (Å²) in [5.41, 5.74) is 7.92. The van der Waals surface area contributed by atoms with Crippen LogP contribution in [0.2, 0.25) is 105 Å². The molecule has 0 unspecified atom stereocenters. The molecule has 352 valence electrons. The van der Waals surface area contributed by atoms with Gasteiger partial charge in [-0.1, -0.05) is 162 Å². The molecule has 0 N–H and O–H groups in total. The monoisotopic (exact) mass is 1140 g/mol. The van der Waals surface area contributed by atoms with Crippen molar-refractivity contribution >= 4 is 43.2 Å². The Morgan fingerprint density at radius 3 is 0.516 bits per heavy atom. The first-order valence-electron chi connectivity index (χ1n) is 22.6. The maximum Gasteiger partial charge on any atom is -1.00 e. The zero-order chi connectivity index (χ0) is 48.3. The third-order valence-corrected chi connectivity index (χ3v) is 18.0. The van der Waals surface area contributed by atoms with Crippen molar-refractivity contribution in [3.63, 3.8) is 0 Å². The molecule has 0 radical (unpaired) electrons. The second-order valence-electron chi connectivity index (χ2n) is 25.7. The Balaban J connectivity index is -0.000000338. The molecule has 0 saturated heterocycles. The second kappa shape index (κ2) is 28.3. The van der Waals surface area contributed by atoms with E-state index in [2.05, 4.69) is 236 Å². The van der Waals surface area contributed by atoms with Gasteiger partial charge in [0.2, 0.25) is 0 Å². The molecule has 0 aliphatic heterocycles. The van der Waals surface area contributed by atoms with Crippen LogP contribution in [0.25, 0.3) is 0 Å². The van der Waals surface area contributed by atoms with Crippen molar-refractivity contribution in [2.75, 3.05) is 0 Å². The summed E-state index contributed by atoms with van der Waals surface area (Å²) < 4.78 is 0. The summed E-state index contributed by atoms with van der Waals surface area (Å²) in [5.74, 6) is 0. The first-order valence-corrected chi connectivity index (χ1v) is 49.0. The van der Waals surface area contributed by atoms with Crippen molar-refractivity contribution in [3.05, 3.63) is 91.7 Å². The van der Waals surface area contributed by atoms with E-state index >= 15 is 0 Å². The summed E-state index contributed by atoms with van der Waals surface area (Å²) in [5, 5.41) is 6.05. The average Bonchev–Trinajstić information content (AvgIpc) is 3.81. The maximum atomic E-state index is 3.54. The SMILES string of the molecule is CC(C)(C)C1=CC([Si](C)(C)C)=[C-]C1.CC(C)(C)C1=CC([Si](C)(C)C)=[C-]C1.CC(C)(C)C1=CC([Si](C)(C)C)=[C-]C1.CC(C)(C)C1=CC([Si](C)(C)C)=[C-]C1.C[Si](C)=[Zr+2].C[Si](C)=[Zr+2].[Cl-].[Cl-]. The fourth-order valence-corrected chi connectivity index (χ4v) is 10.6. The third kappa shape index (κ3) is 30.8. The summed E-state index contributed by atoms with van der Waals surface area (Å²) in [6, 6.07) is 0. The van der Waals surface area contributed by atoms with E-state index < -0.39 is 32.3 Å². The normalized spacial score (nSPS) is 16.5. The Labute approximate surface area is 436 Å². The maximum absolute atomic E-state index is 3.54. The largest absolute Gasteiger partial charge is 1.00 e. The summed E-state index contributed by atoms with van der Waals surface area (Å²) in [6.45, 7) is 65.3. The van der Waals surface area contributed by atoms with E-state index in [1.807, 2.05) is 0 Å². The van der Waals surface area contributed by atoms with Crippen molar-refractivity contribution in [1.82, 2.24) is 0 Å². The van der Waals surface area contributed by atoms with Gasteiger partial charge in [-0.2, -0.15) is 22.3 Å². The number of allylic oxidation sites excluding steroid dienone is 16. The fourth-order valence-electron chi connectivity index (χ4n) is 5.72. The molecule has 0 heterocycles. The molecule has 0 spiro atoms. The van der Waals surface area contributed by atoms with Crippen LogP contribution in [0, 0.1) is 46.0 Å². The van der Waals surface area contributed by atoms with Gasteiger partial charge in [-0.15, -0.1) is 25.7 Å². The molecule has 10 heteroatoms. The minimum Gasteiger partial charge on any atom is -1.00 e. The predicted octanol–water partition coefficient (Wildman–Crippen LogP) is 11.5. The van der Waals surface area contributed by atoms with E-state index in [4.69, 9.17) is 0 Å². The fraction of sp³-hybridized carbons (Fsp3) is 0.692. The Kier molecular flexibility index (Phi) is 32.0. The topological polar surface area (TPSA) is 0 Å². The Hall–Kier alpha value is 1.57. The molecule has 0 amide bonds. The van der Waals surface area contributed by atoms with E-state index in [1.165, 1.54) is 20.8 Å². The molecule has 4 aliphatic rings. The van der Waals surface area contributed by atoms with Gasteiger partial charge in [-0.25, -0.2) is 45.1 Å². The van der Waals surface area contributed by atoms with E-state index in [-0.39, 0.29) is 35.7 Å². The summed E-state index contributed by atoms with van der Waals surface area (Å²) in [4.78, 5) is 0. The van der Waals surface area contributed by atoms with E-state index in [0.29, 0.717) is 21.7 Å². The van der Waals surface area contributed by atoms with Crippen LogP contribution < -0.4 is 24.8 Å². The third-order valence-electron chi connectivity index (χ3n) is 10.2. The van der Waals surface area contributed by atoms with E-state index in [1.54, 1.807) is 69.0 Å². The van der Waals surface area contributed by atoms with Crippen molar-refractivity contribution in [2.24, 2.45) is 21.7 Å². The van der Waals surface area contributed by atoms with Crippen LogP contribution in [0.4, 0.5) is 0 Å². The van der Waals surface area contributed by atoms with Gasteiger partial charge in [0.1, 0.15) is 0 Å². The zero-order valence-electron chi connectivity index (χ0n) is 45.9. The van der Waals surface area contributed by atoms with E-state index in [0.717, 1.165) is 25.7 Å². The van der Waals surface area contributed by atoms with Crippen LogP contribution in [0.3, 0.4) is 0 Å². The van der Waals surface area contributed by atoms with Gasteiger partial charge in [0.25, 0.3) is 0 Å². The first kappa shape index (κ1) is 70.1. The number of hydrogen-bond donors (Lipinski definition) is 0. The van der Waals surface area contributed by atoms with Crippen molar-refractivity contribution in [2.45, 2.75) is 214 Å². The standard InChI is InChI=1S/4C12H21Si.2C2H6Si.2ClH.2Zr/c4*1-12(2,3)10-7-8-11(9-10)13(4,5)6;2*1-3-2;;;;/h4*9H,7H2,1-6H3;2*1-2H3;2*1H;;/q4*-1;;;;;2*+2/p-2. The van der Waals surface area contributed by atoms with Crippen molar-refractivity contribution < 1.29 is 71.5 Å². The molecule has 0 saturated carbocycles. The summed E-state index contributed by atoms with van der Waals surface area (Å²) in [6.07, 6.45) is 28.0. The van der Waals surface area contributed by atoms with Crippen molar-refractivity contribution in [1.29, 1.82) is 0 Å². The van der Waals surface area contributed by atoms with Crippen LogP contribution in [0.1, 0.15) is 109 Å². The minimum absolute atomic E-state index is 0. The van der Waals surface area contributed by atoms with Crippen molar-refractivity contribution in [3.8, 4) is 0 Å². The molecule has 0 aromatic heterocycles. The van der Waals surface area contributed by atoms with Gasteiger partial charge in [-0.3, -0.25) is 24.3 Å². The van der Waals surface area contributed by atoms with Gasteiger partial charge < -0.3 is 24.8 Å². The predicted molar refractivity (Wildman–Crippen MR) is 284 cm³/mol. The molecule has 0 atom stereocenters. The molecule has 0 bridgehead atoms. The molecule has 4 rings (SSSR count). The quantitative estimate of drug-likeness (QED) is 0.194. The minimum atomic E-state index is -1.12. The number of halogens is 2. The second-order valence-corrected chi connectivity index (χ2v) is 64.7. The Morgan fingerprint density at radius 2 is 0.468 bits per heavy atom. The molecule has 0 aromatic rings. The number of rotatable bonds is 4. The molecular weight excluding hydrogens is 1050 g/mol. The van der Waals surface area contributed by atoms with Crippen LogP contribution in [-0.2, 0) is 46.7 Å². The van der Waals surface area contributed by atoms with Crippen LogP contribution in [0.15, 0.2) is 67.4 Å². The smallest absolute Gasteiger partial charge is 1.00 e. The molecule has 0 fully saturated rings. The Bertz CT molecular complexity index is 1460. The molecule has 0 nitrogen and oxygen atoms in total. The van der Waals surface area contributed by atoms with E-state index in [9.17, 15) is 0 Å². The number of hydrogen-bond acceptors (Lipinski definition) is 0. The first-order chi connectivity index (χ1) is 26.3. The summed E-state index contributed by atoms with van der Waals surface area (Å²) in [7, 11) is -4.46. The van der Waals surface area contributed by atoms with Gasteiger partial charge in [0.15, 0.2) is 0 Å². The molecule has 0 aromatic carbocycles. The van der Waals surface area contributed by atoms with Gasteiger partial charge in [0.05, 0.1) is 0 Å². The zero-order valence-corrected chi connectivity index (χ0v) is 58.3.